The molecule has 0 bridgehead atoms. The van der Waals surface area contributed by atoms with Crippen molar-refractivity contribution in [2.45, 2.75) is 31.7 Å². The number of aromatic amines is 1. The Balaban J connectivity index is 1.72. The van der Waals surface area contributed by atoms with Gasteiger partial charge in [-0.05, 0) is 30.5 Å². The largest absolute Gasteiger partial charge is 0.497 e. The predicted molar refractivity (Wildman–Crippen MR) is 107 cm³/mol. The van der Waals surface area contributed by atoms with Crippen molar-refractivity contribution in [3.63, 3.8) is 0 Å². The van der Waals surface area contributed by atoms with Crippen LogP contribution in [-0.4, -0.2) is 39.2 Å². The average Bonchev–Trinajstić information content (AvgIpc) is 2.94. The van der Waals surface area contributed by atoms with Crippen LogP contribution in [-0.2, 0) is 7.05 Å². The van der Waals surface area contributed by atoms with E-state index in [9.17, 15) is 9.59 Å². The second kappa shape index (κ2) is 7.50. The van der Waals surface area contributed by atoms with Gasteiger partial charge in [-0.1, -0.05) is 25.0 Å². The maximum absolute atomic E-state index is 13.4. The summed E-state index contributed by atoms with van der Waals surface area (Å²) in [5.74, 6) is 0.559. The van der Waals surface area contributed by atoms with E-state index in [-0.39, 0.29) is 22.9 Å². The summed E-state index contributed by atoms with van der Waals surface area (Å²) in [6, 6.07) is 7.78. The number of aromatic nitrogens is 3. The van der Waals surface area contributed by atoms with Crippen LogP contribution in [0.3, 0.4) is 0 Å². The van der Waals surface area contributed by atoms with Gasteiger partial charge >= 0.3 is 0 Å². The Bertz CT molecular complexity index is 1050. The van der Waals surface area contributed by atoms with Gasteiger partial charge < -0.3 is 14.6 Å². The molecule has 7 heteroatoms. The highest BCUT2D eigenvalue weighted by Crippen LogP contribution is 2.32. The van der Waals surface area contributed by atoms with Gasteiger partial charge in [-0.25, -0.2) is 0 Å². The van der Waals surface area contributed by atoms with Crippen LogP contribution in [0.15, 0.2) is 41.5 Å². The van der Waals surface area contributed by atoms with E-state index in [2.05, 4.69) is 10.1 Å². The van der Waals surface area contributed by atoms with E-state index in [1.807, 2.05) is 29.2 Å². The van der Waals surface area contributed by atoms with Crippen LogP contribution in [0.4, 0.5) is 0 Å². The van der Waals surface area contributed by atoms with Gasteiger partial charge in [-0.2, -0.15) is 5.10 Å². The smallest absolute Gasteiger partial charge is 0.259 e. The number of nitrogens with one attached hydrogen (secondary N) is 1. The molecular weight excluding hydrogens is 356 g/mol. The molecule has 1 N–H and O–H groups in total. The van der Waals surface area contributed by atoms with Gasteiger partial charge in [-0.3, -0.25) is 14.3 Å². The molecule has 0 spiro atoms. The lowest BCUT2D eigenvalue weighted by Gasteiger charge is -2.30. The molecule has 1 aromatic carbocycles. The fourth-order valence-corrected chi connectivity index (χ4v) is 3.96. The molecule has 0 saturated carbocycles. The van der Waals surface area contributed by atoms with Crippen LogP contribution in [0.5, 0.6) is 5.75 Å². The molecule has 1 fully saturated rings. The molecule has 1 aliphatic rings. The molecule has 2 aromatic heterocycles. The Morgan fingerprint density at radius 3 is 2.75 bits per heavy atom. The highest BCUT2D eigenvalue weighted by atomic mass is 16.5. The molecule has 1 saturated heterocycles. The first-order valence-corrected chi connectivity index (χ1v) is 9.58. The molecule has 1 aliphatic heterocycles. The zero-order chi connectivity index (χ0) is 19.7. The van der Waals surface area contributed by atoms with Crippen LogP contribution in [0, 0.1) is 0 Å². The molecule has 7 nitrogen and oxygen atoms in total. The van der Waals surface area contributed by atoms with Crippen molar-refractivity contribution in [1.29, 1.82) is 0 Å². The number of carbonyl (C=O) groups excluding carboxylic acids is 1. The van der Waals surface area contributed by atoms with Crippen molar-refractivity contribution in [2.75, 3.05) is 13.7 Å². The number of methoxy groups -OCH3 is 1. The number of nitrogens with zero attached hydrogens (tertiary/aromatic N) is 3. The highest BCUT2D eigenvalue weighted by Gasteiger charge is 2.29. The summed E-state index contributed by atoms with van der Waals surface area (Å²) >= 11 is 0. The van der Waals surface area contributed by atoms with Gasteiger partial charge in [0.25, 0.3) is 5.91 Å². The first kappa shape index (κ1) is 18.3. The number of H-pyrrole nitrogens is 1. The standard InChI is InChI=1S/C21H24N4O3/c1-24-20-16(13-23-24)19(26)17(12-22-20)21(27)25-11-5-3-4-6-18(25)14-7-9-15(28-2)10-8-14/h7-10,12-13,18H,3-6,11H2,1-2H3,(H,22,26). The third kappa shape index (κ3) is 3.17. The summed E-state index contributed by atoms with van der Waals surface area (Å²) in [5, 5.41) is 4.55. The SMILES string of the molecule is COc1ccc(C2CCCCCN2C(=O)c2c[nH]c3c(cnn3C)c2=O)cc1. The normalized spacial score (nSPS) is 17.5. The first-order chi connectivity index (χ1) is 13.6. The zero-order valence-corrected chi connectivity index (χ0v) is 16.1. The number of benzene rings is 1. The number of ether oxygens (including phenoxy) is 1. The topological polar surface area (TPSA) is 80.2 Å². The minimum absolute atomic E-state index is 0.0510. The number of carbonyl (C=O) groups is 1. The summed E-state index contributed by atoms with van der Waals surface area (Å²) in [5.41, 5.74) is 1.57. The molecule has 1 unspecified atom stereocenters. The lowest BCUT2D eigenvalue weighted by molar-refractivity contribution is 0.0679. The Morgan fingerprint density at radius 2 is 2.00 bits per heavy atom. The Labute approximate surface area is 162 Å². The van der Waals surface area contributed by atoms with E-state index < -0.39 is 0 Å². The highest BCUT2D eigenvalue weighted by molar-refractivity contribution is 5.97. The van der Waals surface area contributed by atoms with Crippen LogP contribution in [0.1, 0.15) is 47.6 Å². The Hall–Kier alpha value is -3.09. The number of aryl methyl sites for hydroxylation is 1. The molecular formula is C21H24N4O3. The van der Waals surface area contributed by atoms with Crippen molar-refractivity contribution >= 4 is 16.9 Å². The Kier molecular flexibility index (Phi) is 4.90. The molecule has 0 radical (unpaired) electrons. The zero-order valence-electron chi connectivity index (χ0n) is 16.1. The van der Waals surface area contributed by atoms with Crippen LogP contribution >= 0.6 is 0 Å². The van der Waals surface area contributed by atoms with Crippen LogP contribution < -0.4 is 10.2 Å². The number of likely N-dealkylation sites (tertiary alicyclic amines) is 1. The summed E-state index contributed by atoms with van der Waals surface area (Å²) in [7, 11) is 3.39. The number of amides is 1. The van der Waals surface area contributed by atoms with Crippen LogP contribution in [0.25, 0.3) is 11.0 Å². The van der Waals surface area contributed by atoms with E-state index in [0.717, 1.165) is 37.0 Å². The third-order valence-corrected chi connectivity index (χ3v) is 5.53. The monoisotopic (exact) mass is 380 g/mol. The second-order valence-corrected chi connectivity index (χ2v) is 7.20. The van der Waals surface area contributed by atoms with Crippen molar-refractivity contribution < 1.29 is 9.53 Å². The number of pyridine rings is 1. The minimum atomic E-state index is -0.274. The summed E-state index contributed by atoms with van der Waals surface area (Å²) in [6.45, 7) is 0.639. The van der Waals surface area contributed by atoms with Gasteiger partial charge in [-0.15, -0.1) is 0 Å². The predicted octanol–water partition coefficient (Wildman–Crippen LogP) is 3.03. The van der Waals surface area contributed by atoms with Gasteiger partial charge in [0.1, 0.15) is 17.0 Å². The van der Waals surface area contributed by atoms with Gasteiger partial charge in [0.05, 0.1) is 24.7 Å². The fourth-order valence-electron chi connectivity index (χ4n) is 3.96. The second-order valence-electron chi connectivity index (χ2n) is 7.20. The van der Waals surface area contributed by atoms with Crippen LogP contribution in [0.2, 0.25) is 0 Å². The van der Waals surface area contributed by atoms with E-state index >= 15 is 0 Å². The number of fused-ring (bicyclic) bond motifs is 1. The molecule has 4 rings (SSSR count). The fraction of sp³-hybridized carbons (Fsp3) is 0.381. The lowest BCUT2D eigenvalue weighted by Crippen LogP contribution is -2.37. The summed E-state index contributed by atoms with van der Waals surface area (Å²) in [6.07, 6.45) is 6.97. The van der Waals surface area contributed by atoms with Gasteiger partial charge in [0.2, 0.25) is 5.43 Å². The Morgan fingerprint density at radius 1 is 1.21 bits per heavy atom. The van der Waals surface area contributed by atoms with Gasteiger partial charge in [0.15, 0.2) is 0 Å². The minimum Gasteiger partial charge on any atom is -0.497 e. The number of hydrogen-bond donors (Lipinski definition) is 1. The molecule has 3 aromatic rings. The first-order valence-electron chi connectivity index (χ1n) is 9.58. The number of hydrogen-bond acceptors (Lipinski definition) is 4. The van der Waals surface area contributed by atoms with E-state index in [0.29, 0.717) is 17.6 Å². The van der Waals surface area contributed by atoms with E-state index in [1.54, 1.807) is 18.8 Å². The maximum Gasteiger partial charge on any atom is 0.259 e. The average molecular weight is 380 g/mol. The lowest BCUT2D eigenvalue weighted by atomic mass is 10.00. The molecule has 146 valence electrons. The number of rotatable bonds is 3. The van der Waals surface area contributed by atoms with Crippen molar-refractivity contribution in [1.82, 2.24) is 19.7 Å². The molecule has 3 heterocycles. The van der Waals surface area contributed by atoms with E-state index in [1.165, 1.54) is 12.4 Å². The molecule has 1 atom stereocenters. The third-order valence-electron chi connectivity index (χ3n) is 5.53. The van der Waals surface area contributed by atoms with Crippen molar-refractivity contribution in [3.05, 3.63) is 58.0 Å². The molecule has 28 heavy (non-hydrogen) atoms. The van der Waals surface area contributed by atoms with Crippen molar-refractivity contribution in [2.24, 2.45) is 7.05 Å². The quantitative estimate of drug-likeness (QED) is 0.757. The molecule has 0 aliphatic carbocycles. The van der Waals surface area contributed by atoms with Crippen molar-refractivity contribution in [3.8, 4) is 5.75 Å². The summed E-state index contributed by atoms with van der Waals surface area (Å²) < 4.78 is 6.84. The van der Waals surface area contributed by atoms with E-state index in [4.69, 9.17) is 4.74 Å². The maximum atomic E-state index is 13.4. The molecule has 1 amide bonds. The van der Waals surface area contributed by atoms with Gasteiger partial charge in [0, 0.05) is 19.8 Å². The summed E-state index contributed by atoms with van der Waals surface area (Å²) in [4.78, 5) is 31.2.